The Bertz CT molecular complexity index is 443. The van der Waals surface area contributed by atoms with Crippen LogP contribution in [-0.4, -0.2) is 30.1 Å². The molecule has 18 heavy (non-hydrogen) atoms. The van der Waals surface area contributed by atoms with Crippen LogP contribution < -0.4 is 10.2 Å². The first-order valence-electron chi connectivity index (χ1n) is 5.87. The molecular weight excluding hydrogens is 248 g/mol. The highest BCUT2D eigenvalue weighted by molar-refractivity contribution is 7.99. The van der Waals surface area contributed by atoms with Crippen molar-refractivity contribution in [3.8, 4) is 5.75 Å². The van der Waals surface area contributed by atoms with E-state index in [1.165, 1.54) is 0 Å². The summed E-state index contributed by atoms with van der Waals surface area (Å²) in [6, 6.07) is 7.46. The molecule has 96 valence electrons. The third-order valence-electron chi connectivity index (χ3n) is 2.69. The fourth-order valence-electron chi connectivity index (χ4n) is 1.64. The SMILES string of the molecule is COc1ccc(N/N=C2\CCSCCC2=O)cc1. The van der Waals surface area contributed by atoms with Gasteiger partial charge in [0.05, 0.1) is 12.8 Å². The van der Waals surface area contributed by atoms with Gasteiger partial charge in [0.2, 0.25) is 0 Å². The zero-order valence-corrected chi connectivity index (χ0v) is 11.1. The molecule has 1 N–H and O–H groups in total. The van der Waals surface area contributed by atoms with Gasteiger partial charge in [-0.2, -0.15) is 16.9 Å². The van der Waals surface area contributed by atoms with Crippen LogP contribution in [0.1, 0.15) is 12.8 Å². The van der Waals surface area contributed by atoms with Crippen molar-refractivity contribution in [1.29, 1.82) is 0 Å². The second kappa shape index (κ2) is 6.44. The number of benzene rings is 1. The topological polar surface area (TPSA) is 50.7 Å². The van der Waals surface area contributed by atoms with Gasteiger partial charge in [0, 0.05) is 18.6 Å². The van der Waals surface area contributed by atoms with Gasteiger partial charge in [-0.3, -0.25) is 10.2 Å². The average Bonchev–Trinajstić information content (AvgIpc) is 2.62. The number of anilines is 1. The fraction of sp³-hybridized carbons (Fsp3) is 0.385. The third-order valence-corrected chi connectivity index (χ3v) is 3.67. The van der Waals surface area contributed by atoms with Crippen molar-refractivity contribution in [1.82, 2.24) is 0 Å². The van der Waals surface area contributed by atoms with Crippen molar-refractivity contribution in [2.45, 2.75) is 12.8 Å². The number of methoxy groups -OCH3 is 1. The van der Waals surface area contributed by atoms with Gasteiger partial charge in [-0.15, -0.1) is 0 Å². The van der Waals surface area contributed by atoms with Gasteiger partial charge in [-0.1, -0.05) is 0 Å². The molecule has 1 fully saturated rings. The number of nitrogens with zero attached hydrogens (tertiary/aromatic N) is 1. The zero-order chi connectivity index (χ0) is 12.8. The predicted molar refractivity (Wildman–Crippen MR) is 75.6 cm³/mol. The maximum Gasteiger partial charge on any atom is 0.179 e. The summed E-state index contributed by atoms with van der Waals surface area (Å²) in [7, 11) is 1.63. The molecule has 1 aliphatic heterocycles. The van der Waals surface area contributed by atoms with E-state index >= 15 is 0 Å². The minimum Gasteiger partial charge on any atom is -0.497 e. The van der Waals surface area contributed by atoms with Crippen molar-refractivity contribution in [2.75, 3.05) is 24.0 Å². The highest BCUT2D eigenvalue weighted by Crippen LogP contribution is 2.16. The standard InChI is InChI=1S/C13H16N2O2S/c1-17-11-4-2-10(3-5-11)14-15-12-6-8-18-9-7-13(12)16/h2-5,14H,6-9H2,1H3/b15-12+. The molecule has 0 aromatic heterocycles. The summed E-state index contributed by atoms with van der Waals surface area (Å²) in [6.45, 7) is 0. The van der Waals surface area contributed by atoms with Gasteiger partial charge in [0.1, 0.15) is 11.5 Å². The minimum atomic E-state index is 0.154. The molecule has 0 bridgehead atoms. The molecule has 1 aromatic rings. The number of ether oxygens (including phenoxy) is 1. The molecular formula is C13H16N2O2S. The number of hydrazone groups is 1. The highest BCUT2D eigenvalue weighted by atomic mass is 32.2. The van der Waals surface area contributed by atoms with Gasteiger partial charge in [-0.05, 0) is 30.0 Å². The van der Waals surface area contributed by atoms with E-state index in [0.717, 1.165) is 29.4 Å². The molecule has 1 saturated heterocycles. The number of thioether (sulfide) groups is 1. The molecule has 0 radical (unpaired) electrons. The molecule has 0 amide bonds. The molecule has 1 heterocycles. The van der Waals surface area contributed by atoms with Crippen LogP contribution in [0.4, 0.5) is 5.69 Å². The summed E-state index contributed by atoms with van der Waals surface area (Å²) in [6.07, 6.45) is 1.33. The fourth-order valence-corrected chi connectivity index (χ4v) is 2.51. The number of carbonyl (C=O) groups excluding carboxylic acids is 1. The lowest BCUT2D eigenvalue weighted by Gasteiger charge is -2.04. The third kappa shape index (κ3) is 3.50. The van der Waals surface area contributed by atoms with Crippen LogP contribution in [0, 0.1) is 0 Å². The summed E-state index contributed by atoms with van der Waals surface area (Å²) in [4.78, 5) is 11.7. The van der Waals surface area contributed by atoms with E-state index in [1.54, 1.807) is 18.9 Å². The number of nitrogens with one attached hydrogen (secondary N) is 1. The van der Waals surface area contributed by atoms with Crippen LogP contribution in [0.3, 0.4) is 0 Å². The minimum absolute atomic E-state index is 0.154. The second-order valence-corrected chi connectivity index (χ2v) is 5.16. The van der Waals surface area contributed by atoms with Crippen molar-refractivity contribution >= 4 is 28.9 Å². The number of hydrogen-bond acceptors (Lipinski definition) is 5. The summed E-state index contributed by atoms with van der Waals surface area (Å²) in [5.74, 6) is 2.83. The first kappa shape index (κ1) is 13.0. The van der Waals surface area contributed by atoms with E-state index in [1.807, 2.05) is 24.3 Å². The van der Waals surface area contributed by atoms with Gasteiger partial charge in [-0.25, -0.2) is 0 Å². The van der Waals surface area contributed by atoms with Crippen LogP contribution in [-0.2, 0) is 4.79 Å². The summed E-state index contributed by atoms with van der Waals surface area (Å²) in [5, 5.41) is 4.21. The number of carbonyl (C=O) groups is 1. The molecule has 0 aliphatic carbocycles. The highest BCUT2D eigenvalue weighted by Gasteiger charge is 2.15. The van der Waals surface area contributed by atoms with E-state index in [0.29, 0.717) is 12.1 Å². The Hall–Kier alpha value is -1.49. The van der Waals surface area contributed by atoms with Crippen molar-refractivity contribution in [2.24, 2.45) is 5.10 Å². The molecule has 4 nitrogen and oxygen atoms in total. The monoisotopic (exact) mass is 264 g/mol. The van der Waals surface area contributed by atoms with Gasteiger partial charge in [0.25, 0.3) is 0 Å². The maximum atomic E-state index is 11.7. The van der Waals surface area contributed by atoms with E-state index in [9.17, 15) is 4.79 Å². The summed E-state index contributed by atoms with van der Waals surface area (Å²) in [5.41, 5.74) is 4.43. The van der Waals surface area contributed by atoms with Gasteiger partial charge >= 0.3 is 0 Å². The first-order chi connectivity index (χ1) is 8.79. The number of Topliss-reactive ketones (excluding diaryl/α,β-unsaturated/α-hetero) is 1. The van der Waals surface area contributed by atoms with Crippen molar-refractivity contribution in [3.05, 3.63) is 24.3 Å². The van der Waals surface area contributed by atoms with Crippen LogP contribution in [0.2, 0.25) is 0 Å². The molecule has 1 aromatic carbocycles. The molecule has 5 heteroatoms. The van der Waals surface area contributed by atoms with Crippen LogP contribution >= 0.6 is 11.8 Å². The smallest absolute Gasteiger partial charge is 0.179 e. The van der Waals surface area contributed by atoms with Crippen molar-refractivity contribution < 1.29 is 9.53 Å². The average molecular weight is 264 g/mol. The summed E-state index contributed by atoms with van der Waals surface area (Å²) < 4.78 is 5.08. The zero-order valence-electron chi connectivity index (χ0n) is 10.3. The first-order valence-corrected chi connectivity index (χ1v) is 7.02. The summed E-state index contributed by atoms with van der Waals surface area (Å²) >= 11 is 1.80. The molecule has 0 spiro atoms. The quantitative estimate of drug-likeness (QED) is 0.852. The Morgan fingerprint density at radius 3 is 2.67 bits per heavy atom. The normalized spacial score (nSPS) is 18.5. The Morgan fingerprint density at radius 2 is 1.94 bits per heavy atom. The van der Waals surface area contributed by atoms with E-state index in [2.05, 4.69) is 10.5 Å². The predicted octanol–water partition coefficient (Wildman–Crippen LogP) is 2.56. The second-order valence-electron chi connectivity index (χ2n) is 3.93. The molecule has 0 atom stereocenters. The van der Waals surface area contributed by atoms with Crippen LogP contribution in [0.15, 0.2) is 29.4 Å². The van der Waals surface area contributed by atoms with E-state index in [4.69, 9.17) is 4.74 Å². The van der Waals surface area contributed by atoms with Crippen LogP contribution in [0.25, 0.3) is 0 Å². The number of hydrogen-bond donors (Lipinski definition) is 1. The molecule has 0 saturated carbocycles. The largest absolute Gasteiger partial charge is 0.497 e. The van der Waals surface area contributed by atoms with Gasteiger partial charge < -0.3 is 4.74 Å². The number of rotatable bonds is 3. The Morgan fingerprint density at radius 1 is 1.22 bits per heavy atom. The van der Waals surface area contributed by atoms with Crippen LogP contribution in [0.5, 0.6) is 5.75 Å². The maximum absolute atomic E-state index is 11.7. The lowest BCUT2D eigenvalue weighted by molar-refractivity contribution is -0.112. The molecule has 1 aliphatic rings. The Labute approximate surface area is 111 Å². The number of ketones is 1. The Balaban J connectivity index is 2.01. The van der Waals surface area contributed by atoms with Crippen molar-refractivity contribution in [3.63, 3.8) is 0 Å². The van der Waals surface area contributed by atoms with E-state index < -0.39 is 0 Å². The Kier molecular flexibility index (Phi) is 4.64. The lowest BCUT2D eigenvalue weighted by Crippen LogP contribution is -2.14. The van der Waals surface area contributed by atoms with Gasteiger partial charge in [0.15, 0.2) is 5.78 Å². The van der Waals surface area contributed by atoms with E-state index in [-0.39, 0.29) is 5.78 Å². The lowest BCUT2D eigenvalue weighted by atomic mass is 10.1. The molecule has 0 unspecified atom stereocenters. The molecule has 2 rings (SSSR count).